The molecule has 8 heteroatoms. The fraction of sp³-hybridized carbons (Fsp3) is 0.105. The van der Waals surface area contributed by atoms with Crippen LogP contribution in [0.4, 0.5) is 5.13 Å². The van der Waals surface area contributed by atoms with Crippen molar-refractivity contribution in [3.8, 4) is 27.8 Å². The van der Waals surface area contributed by atoms with Gasteiger partial charge >= 0.3 is 0 Å². The number of rotatable bonds is 5. The average molecular weight is 381 g/mol. The first kappa shape index (κ1) is 17.0. The number of amides is 1. The Labute approximate surface area is 159 Å². The number of ether oxygens (including phenoxy) is 3. The summed E-state index contributed by atoms with van der Waals surface area (Å²) in [6.07, 6.45) is 3.13. The van der Waals surface area contributed by atoms with Gasteiger partial charge in [-0.05, 0) is 35.9 Å². The Morgan fingerprint density at radius 2 is 2.04 bits per heavy atom. The van der Waals surface area contributed by atoms with E-state index in [1.165, 1.54) is 17.4 Å². The highest BCUT2D eigenvalue weighted by Gasteiger charge is 2.13. The van der Waals surface area contributed by atoms with Crippen molar-refractivity contribution >= 4 is 28.5 Å². The minimum atomic E-state index is -0.296. The summed E-state index contributed by atoms with van der Waals surface area (Å²) in [6.45, 7) is 0.217. The smallest absolute Gasteiger partial charge is 0.250 e. The number of para-hydroxylation sites is 1. The second-order valence-corrected chi connectivity index (χ2v) is 6.53. The van der Waals surface area contributed by atoms with Gasteiger partial charge < -0.3 is 14.2 Å². The number of methoxy groups -OCH3 is 1. The SMILES string of the molecule is COc1ccccc1-c1nnc(NC(=O)/C=C/c2ccc3c(c2)OCO3)s1. The second-order valence-electron chi connectivity index (χ2n) is 5.55. The Bertz CT molecular complexity index is 1020. The van der Waals surface area contributed by atoms with E-state index in [1.807, 2.05) is 42.5 Å². The summed E-state index contributed by atoms with van der Waals surface area (Å²) in [7, 11) is 1.60. The molecule has 2 aromatic carbocycles. The maximum absolute atomic E-state index is 12.1. The molecule has 0 atom stereocenters. The number of hydrogen-bond acceptors (Lipinski definition) is 7. The van der Waals surface area contributed by atoms with Crippen LogP contribution in [0.1, 0.15) is 5.56 Å². The van der Waals surface area contributed by atoms with E-state index < -0.39 is 0 Å². The van der Waals surface area contributed by atoms with Gasteiger partial charge in [0.25, 0.3) is 0 Å². The lowest BCUT2D eigenvalue weighted by Gasteiger charge is -2.03. The molecule has 0 bridgehead atoms. The van der Waals surface area contributed by atoms with Gasteiger partial charge in [-0.25, -0.2) is 0 Å². The third kappa shape index (κ3) is 3.75. The van der Waals surface area contributed by atoms with Crippen LogP contribution in [-0.2, 0) is 4.79 Å². The Kier molecular flexibility index (Phi) is 4.71. The first-order chi connectivity index (χ1) is 13.2. The second kappa shape index (κ2) is 7.46. The van der Waals surface area contributed by atoms with E-state index in [4.69, 9.17) is 14.2 Å². The molecule has 136 valence electrons. The van der Waals surface area contributed by atoms with Crippen molar-refractivity contribution in [3.63, 3.8) is 0 Å². The van der Waals surface area contributed by atoms with E-state index in [0.717, 1.165) is 11.1 Å². The summed E-state index contributed by atoms with van der Waals surface area (Å²) >= 11 is 1.28. The van der Waals surface area contributed by atoms with Crippen molar-refractivity contribution in [2.45, 2.75) is 0 Å². The lowest BCUT2D eigenvalue weighted by molar-refractivity contribution is -0.111. The van der Waals surface area contributed by atoms with Gasteiger partial charge in [0.05, 0.1) is 12.7 Å². The number of fused-ring (bicyclic) bond motifs is 1. The van der Waals surface area contributed by atoms with Gasteiger partial charge in [-0.1, -0.05) is 29.5 Å². The fourth-order valence-electron chi connectivity index (χ4n) is 2.54. The molecule has 0 saturated carbocycles. The minimum Gasteiger partial charge on any atom is -0.496 e. The number of anilines is 1. The lowest BCUT2D eigenvalue weighted by atomic mass is 10.2. The predicted molar refractivity (Wildman–Crippen MR) is 102 cm³/mol. The number of benzene rings is 2. The number of carbonyl (C=O) groups is 1. The zero-order valence-corrected chi connectivity index (χ0v) is 15.2. The molecule has 0 aliphatic carbocycles. The molecule has 1 aliphatic rings. The normalized spacial score (nSPS) is 12.3. The monoisotopic (exact) mass is 381 g/mol. The summed E-state index contributed by atoms with van der Waals surface area (Å²) in [4.78, 5) is 12.1. The van der Waals surface area contributed by atoms with Gasteiger partial charge in [-0.3, -0.25) is 10.1 Å². The summed E-state index contributed by atoms with van der Waals surface area (Å²) in [5.74, 6) is 1.78. The van der Waals surface area contributed by atoms with Crippen LogP contribution in [0.2, 0.25) is 0 Å². The van der Waals surface area contributed by atoms with Crippen LogP contribution in [-0.4, -0.2) is 30.0 Å². The van der Waals surface area contributed by atoms with Crippen LogP contribution in [0.3, 0.4) is 0 Å². The van der Waals surface area contributed by atoms with Gasteiger partial charge in [0, 0.05) is 6.08 Å². The molecule has 7 nitrogen and oxygen atoms in total. The highest BCUT2D eigenvalue weighted by molar-refractivity contribution is 7.18. The molecule has 4 rings (SSSR count). The van der Waals surface area contributed by atoms with Crippen LogP contribution in [0.5, 0.6) is 17.2 Å². The quantitative estimate of drug-likeness (QED) is 0.680. The molecule has 2 heterocycles. The number of aromatic nitrogens is 2. The van der Waals surface area contributed by atoms with Crippen LogP contribution in [0.15, 0.2) is 48.5 Å². The van der Waals surface area contributed by atoms with Crippen molar-refractivity contribution < 1.29 is 19.0 Å². The highest BCUT2D eigenvalue weighted by Crippen LogP contribution is 2.34. The summed E-state index contributed by atoms with van der Waals surface area (Å²) in [5.41, 5.74) is 1.66. The Morgan fingerprint density at radius 3 is 2.93 bits per heavy atom. The molecule has 0 saturated heterocycles. The van der Waals surface area contributed by atoms with Gasteiger partial charge in [0.2, 0.25) is 17.8 Å². The van der Waals surface area contributed by atoms with Crippen LogP contribution >= 0.6 is 11.3 Å². The van der Waals surface area contributed by atoms with E-state index in [9.17, 15) is 4.79 Å². The molecule has 1 aromatic heterocycles. The van der Waals surface area contributed by atoms with Crippen LogP contribution in [0, 0.1) is 0 Å². The summed E-state index contributed by atoms with van der Waals surface area (Å²) in [6, 6.07) is 13.0. The molecule has 0 spiro atoms. The fourth-order valence-corrected chi connectivity index (χ4v) is 3.32. The van der Waals surface area contributed by atoms with E-state index in [-0.39, 0.29) is 12.7 Å². The first-order valence-electron chi connectivity index (χ1n) is 8.08. The number of nitrogens with one attached hydrogen (secondary N) is 1. The number of carbonyl (C=O) groups excluding carboxylic acids is 1. The topological polar surface area (TPSA) is 82.6 Å². The molecule has 0 radical (unpaired) electrons. The zero-order chi connectivity index (χ0) is 18.6. The maximum Gasteiger partial charge on any atom is 0.250 e. The van der Waals surface area contributed by atoms with Crippen molar-refractivity contribution in [2.75, 3.05) is 19.2 Å². The standard InChI is InChI=1S/C19H15N3O4S/c1-24-14-5-3-2-4-13(14)18-21-22-19(27-18)20-17(23)9-7-12-6-8-15-16(10-12)26-11-25-15/h2-10H,11H2,1H3,(H,20,22,23)/b9-7+. The van der Waals surface area contributed by atoms with E-state index >= 15 is 0 Å². The lowest BCUT2D eigenvalue weighted by Crippen LogP contribution is -2.07. The van der Waals surface area contributed by atoms with E-state index in [0.29, 0.717) is 27.4 Å². The minimum absolute atomic E-state index is 0.217. The van der Waals surface area contributed by atoms with Gasteiger partial charge in [-0.15, -0.1) is 10.2 Å². The van der Waals surface area contributed by atoms with Crippen molar-refractivity contribution in [3.05, 3.63) is 54.1 Å². The molecule has 1 aliphatic heterocycles. The number of hydrogen-bond donors (Lipinski definition) is 1. The van der Waals surface area contributed by atoms with Gasteiger partial charge in [0.1, 0.15) is 5.75 Å². The Balaban J connectivity index is 1.44. The first-order valence-corrected chi connectivity index (χ1v) is 8.90. The maximum atomic E-state index is 12.1. The van der Waals surface area contributed by atoms with E-state index in [2.05, 4.69) is 15.5 Å². The molecule has 1 amide bonds. The Hall–Kier alpha value is -3.39. The predicted octanol–water partition coefficient (Wildman–Crippen LogP) is 3.59. The third-order valence-corrected chi connectivity index (χ3v) is 4.69. The molecule has 0 unspecified atom stereocenters. The Morgan fingerprint density at radius 1 is 1.19 bits per heavy atom. The zero-order valence-electron chi connectivity index (χ0n) is 14.3. The number of nitrogens with zero attached hydrogens (tertiary/aromatic N) is 2. The average Bonchev–Trinajstić information content (AvgIpc) is 3.35. The van der Waals surface area contributed by atoms with Crippen LogP contribution in [0.25, 0.3) is 16.6 Å². The molecule has 27 heavy (non-hydrogen) atoms. The van der Waals surface area contributed by atoms with Crippen molar-refractivity contribution in [2.24, 2.45) is 0 Å². The van der Waals surface area contributed by atoms with E-state index in [1.54, 1.807) is 13.2 Å². The van der Waals surface area contributed by atoms with Crippen LogP contribution < -0.4 is 19.5 Å². The third-order valence-electron chi connectivity index (χ3n) is 3.82. The summed E-state index contributed by atoms with van der Waals surface area (Å²) < 4.78 is 15.9. The molecule has 1 N–H and O–H groups in total. The highest BCUT2D eigenvalue weighted by atomic mass is 32.1. The molecular formula is C19H15N3O4S. The molecule has 3 aromatic rings. The van der Waals surface area contributed by atoms with Gasteiger partial charge in [-0.2, -0.15) is 0 Å². The van der Waals surface area contributed by atoms with Crippen molar-refractivity contribution in [1.82, 2.24) is 10.2 Å². The molecular weight excluding hydrogens is 366 g/mol. The van der Waals surface area contributed by atoms with Crippen molar-refractivity contribution in [1.29, 1.82) is 0 Å². The van der Waals surface area contributed by atoms with Gasteiger partial charge in [0.15, 0.2) is 16.5 Å². The largest absolute Gasteiger partial charge is 0.496 e. The molecule has 0 fully saturated rings. The summed E-state index contributed by atoms with van der Waals surface area (Å²) in [5, 5.41) is 11.9.